The van der Waals surface area contributed by atoms with Crippen LogP contribution in [0.25, 0.3) is 0 Å². The lowest BCUT2D eigenvalue weighted by molar-refractivity contribution is 0.398. The van der Waals surface area contributed by atoms with E-state index in [0.29, 0.717) is 5.33 Å². The number of hydrogen-bond acceptors (Lipinski definition) is 3. The van der Waals surface area contributed by atoms with Crippen molar-refractivity contribution in [2.24, 2.45) is 0 Å². The fourth-order valence-electron chi connectivity index (χ4n) is 0.841. The summed E-state index contributed by atoms with van der Waals surface area (Å²) in [4.78, 5) is 0.180. The van der Waals surface area contributed by atoms with Gasteiger partial charge in [0.25, 0.3) is 10.1 Å². The van der Waals surface area contributed by atoms with Crippen molar-refractivity contribution in [1.29, 1.82) is 0 Å². The zero-order valence-electron chi connectivity index (χ0n) is 7.03. The molecule has 0 aliphatic heterocycles. The Morgan fingerprint density at radius 1 is 1.31 bits per heavy atom. The molecule has 0 fully saturated rings. The van der Waals surface area contributed by atoms with Crippen LogP contribution >= 0.6 is 15.9 Å². The Morgan fingerprint density at radius 3 is 2.23 bits per heavy atom. The Kier molecular flexibility index (Phi) is 3.47. The third kappa shape index (κ3) is 2.52. The van der Waals surface area contributed by atoms with Crippen LogP contribution in [0.4, 0.5) is 0 Å². The molecule has 0 saturated heterocycles. The highest BCUT2D eigenvalue weighted by Crippen LogP contribution is 2.13. The van der Waals surface area contributed by atoms with Gasteiger partial charge in [0.1, 0.15) is 0 Å². The van der Waals surface area contributed by atoms with Crippen LogP contribution in [0, 0.1) is 0 Å². The Labute approximate surface area is 86.0 Å². The first-order valence-corrected chi connectivity index (χ1v) is 6.08. The van der Waals surface area contributed by atoms with Crippen molar-refractivity contribution >= 4 is 26.0 Å². The Hall–Kier alpha value is -0.390. The van der Waals surface area contributed by atoms with Gasteiger partial charge >= 0.3 is 0 Å². The summed E-state index contributed by atoms with van der Waals surface area (Å²) in [6.07, 6.45) is 0. The first-order chi connectivity index (χ1) is 6.10. The van der Waals surface area contributed by atoms with Crippen molar-refractivity contribution in [3.63, 3.8) is 0 Å². The summed E-state index contributed by atoms with van der Waals surface area (Å²) in [5.41, 5.74) is 1.02. The summed E-state index contributed by atoms with van der Waals surface area (Å²) in [6.45, 7) is 0. The van der Waals surface area contributed by atoms with E-state index < -0.39 is 10.1 Å². The molecule has 0 heterocycles. The van der Waals surface area contributed by atoms with Crippen molar-refractivity contribution in [2.75, 3.05) is 7.11 Å². The molecule has 0 unspecified atom stereocenters. The lowest BCUT2D eigenvalue weighted by atomic mass is 10.2. The first-order valence-electron chi connectivity index (χ1n) is 3.55. The van der Waals surface area contributed by atoms with Gasteiger partial charge in [0.15, 0.2) is 0 Å². The van der Waals surface area contributed by atoms with Crippen molar-refractivity contribution in [3.05, 3.63) is 29.8 Å². The topological polar surface area (TPSA) is 43.4 Å². The molecular formula is C8H9BrO3S. The van der Waals surface area contributed by atoms with Crippen molar-refractivity contribution in [1.82, 2.24) is 0 Å². The second-order valence-electron chi connectivity index (χ2n) is 2.40. The molecule has 0 amide bonds. The highest BCUT2D eigenvalue weighted by molar-refractivity contribution is 9.08. The minimum absolute atomic E-state index is 0.180. The van der Waals surface area contributed by atoms with Gasteiger partial charge in [-0.2, -0.15) is 8.42 Å². The Morgan fingerprint density at radius 2 is 1.85 bits per heavy atom. The molecule has 13 heavy (non-hydrogen) atoms. The molecule has 1 rings (SSSR count). The molecule has 0 saturated carbocycles. The van der Waals surface area contributed by atoms with Crippen LogP contribution < -0.4 is 0 Å². The average molecular weight is 265 g/mol. The van der Waals surface area contributed by atoms with Gasteiger partial charge in [-0.25, -0.2) is 0 Å². The molecule has 0 radical (unpaired) electrons. The minimum atomic E-state index is -3.54. The third-order valence-corrected chi connectivity index (χ3v) is 3.52. The zero-order valence-corrected chi connectivity index (χ0v) is 9.43. The molecule has 1 aromatic carbocycles. The van der Waals surface area contributed by atoms with Crippen molar-refractivity contribution in [2.45, 2.75) is 10.2 Å². The largest absolute Gasteiger partial charge is 0.296 e. The summed E-state index contributed by atoms with van der Waals surface area (Å²) in [7, 11) is -2.39. The standard InChI is InChI=1S/C8H9BrO3S/c1-12-13(10,11)8-4-2-7(6-9)3-5-8/h2-5H,6H2,1H3. The molecule has 0 spiro atoms. The van der Waals surface area contributed by atoms with Crippen molar-refractivity contribution in [3.8, 4) is 0 Å². The summed E-state index contributed by atoms with van der Waals surface area (Å²) in [5, 5.41) is 0.709. The summed E-state index contributed by atoms with van der Waals surface area (Å²) >= 11 is 3.27. The maximum atomic E-state index is 11.2. The highest BCUT2D eigenvalue weighted by atomic mass is 79.9. The zero-order chi connectivity index (χ0) is 9.90. The predicted octanol–water partition coefficient (Wildman–Crippen LogP) is 1.92. The van der Waals surface area contributed by atoms with E-state index in [4.69, 9.17) is 0 Å². The smallest absolute Gasteiger partial charge is 0.270 e. The number of rotatable bonds is 3. The van der Waals surface area contributed by atoms with Gasteiger partial charge in [-0.05, 0) is 17.7 Å². The molecule has 1 aromatic rings. The average Bonchev–Trinajstić information content (AvgIpc) is 2.18. The van der Waals surface area contributed by atoms with E-state index in [-0.39, 0.29) is 4.90 Å². The number of hydrogen-bond donors (Lipinski definition) is 0. The normalized spacial score (nSPS) is 11.5. The second-order valence-corrected chi connectivity index (χ2v) is 4.67. The van der Waals surface area contributed by atoms with Gasteiger partial charge in [0.05, 0.1) is 12.0 Å². The maximum Gasteiger partial charge on any atom is 0.296 e. The SMILES string of the molecule is COS(=O)(=O)c1ccc(CBr)cc1. The first kappa shape index (κ1) is 10.7. The summed E-state index contributed by atoms with van der Waals surface area (Å²) < 4.78 is 26.7. The molecule has 0 bridgehead atoms. The fourth-order valence-corrected chi connectivity index (χ4v) is 1.88. The molecule has 5 heteroatoms. The van der Waals surface area contributed by atoms with E-state index in [9.17, 15) is 8.42 Å². The molecule has 0 aromatic heterocycles. The fraction of sp³-hybridized carbons (Fsp3) is 0.250. The maximum absolute atomic E-state index is 11.2. The van der Waals surface area contributed by atoms with Crippen molar-refractivity contribution < 1.29 is 12.6 Å². The second kappa shape index (κ2) is 4.21. The van der Waals surface area contributed by atoms with Gasteiger partial charge in [-0.15, -0.1) is 0 Å². The van der Waals surface area contributed by atoms with E-state index in [1.165, 1.54) is 12.1 Å². The van der Waals surface area contributed by atoms with Gasteiger partial charge in [0.2, 0.25) is 0 Å². The highest BCUT2D eigenvalue weighted by Gasteiger charge is 2.11. The van der Waals surface area contributed by atoms with E-state index in [2.05, 4.69) is 20.1 Å². The van der Waals surface area contributed by atoms with E-state index in [0.717, 1.165) is 12.7 Å². The van der Waals surface area contributed by atoms with Crippen LogP contribution in [0.1, 0.15) is 5.56 Å². The minimum Gasteiger partial charge on any atom is -0.270 e. The lowest BCUT2D eigenvalue weighted by Crippen LogP contribution is -2.02. The van der Waals surface area contributed by atoms with Gasteiger partial charge in [-0.3, -0.25) is 4.18 Å². The van der Waals surface area contributed by atoms with Crippen LogP contribution in [0.5, 0.6) is 0 Å². The molecule has 72 valence electrons. The van der Waals surface area contributed by atoms with Crippen LogP contribution in [0.2, 0.25) is 0 Å². The van der Waals surface area contributed by atoms with Gasteiger partial charge in [-0.1, -0.05) is 28.1 Å². The third-order valence-electron chi connectivity index (χ3n) is 1.59. The van der Waals surface area contributed by atoms with E-state index >= 15 is 0 Å². The molecule has 0 atom stereocenters. The molecule has 3 nitrogen and oxygen atoms in total. The Bertz CT molecular complexity index is 369. The van der Waals surface area contributed by atoms with E-state index in [1.807, 2.05) is 0 Å². The number of benzene rings is 1. The molecular weight excluding hydrogens is 256 g/mol. The molecule has 0 aliphatic carbocycles. The van der Waals surface area contributed by atoms with Crippen LogP contribution in [0.3, 0.4) is 0 Å². The predicted molar refractivity (Wildman–Crippen MR) is 53.3 cm³/mol. The van der Waals surface area contributed by atoms with Gasteiger partial charge < -0.3 is 0 Å². The van der Waals surface area contributed by atoms with E-state index in [1.54, 1.807) is 12.1 Å². The number of halogens is 1. The summed E-state index contributed by atoms with van der Waals surface area (Å²) in [5.74, 6) is 0. The monoisotopic (exact) mass is 264 g/mol. The quantitative estimate of drug-likeness (QED) is 0.619. The van der Waals surface area contributed by atoms with Crippen LogP contribution in [-0.2, 0) is 19.6 Å². The molecule has 0 N–H and O–H groups in total. The van der Waals surface area contributed by atoms with Gasteiger partial charge in [0, 0.05) is 5.33 Å². The summed E-state index contributed by atoms with van der Waals surface area (Å²) in [6, 6.07) is 6.52. The lowest BCUT2D eigenvalue weighted by Gasteiger charge is -2.01. The van der Waals surface area contributed by atoms with Crippen LogP contribution in [-0.4, -0.2) is 15.5 Å². The Balaban J connectivity index is 3.06. The molecule has 0 aliphatic rings. The van der Waals surface area contributed by atoms with Crippen LogP contribution in [0.15, 0.2) is 29.2 Å². The number of alkyl halides is 1.